The maximum atomic E-state index is 13.8. The van der Waals surface area contributed by atoms with E-state index in [1.165, 1.54) is 0 Å². The van der Waals surface area contributed by atoms with Gasteiger partial charge in [-0.25, -0.2) is 4.68 Å². The number of amides is 1. The Balaban J connectivity index is 1.47. The minimum atomic E-state index is -0.719. The van der Waals surface area contributed by atoms with Gasteiger partial charge in [0, 0.05) is 19.9 Å². The average molecular weight is 456 g/mol. The Labute approximate surface area is 198 Å². The SMILES string of the molecule is COC(C(=O)N(Cc1ccc2c(c1)OCO2)Cc1ccnn1-c1ccccc1)c1ccccc1. The summed E-state index contributed by atoms with van der Waals surface area (Å²) in [5.74, 6) is 1.26. The van der Waals surface area contributed by atoms with Crippen LogP contribution in [0.2, 0.25) is 0 Å². The summed E-state index contributed by atoms with van der Waals surface area (Å²) < 4.78 is 18.5. The Morgan fingerprint density at radius 2 is 1.71 bits per heavy atom. The number of carbonyl (C=O) groups is 1. The summed E-state index contributed by atoms with van der Waals surface area (Å²) in [6, 6.07) is 27.1. The summed E-state index contributed by atoms with van der Waals surface area (Å²) in [4.78, 5) is 15.6. The molecule has 0 N–H and O–H groups in total. The van der Waals surface area contributed by atoms with Gasteiger partial charge in [0.25, 0.3) is 5.91 Å². The van der Waals surface area contributed by atoms with Crippen molar-refractivity contribution in [2.75, 3.05) is 13.9 Å². The van der Waals surface area contributed by atoms with Crippen LogP contribution in [0.4, 0.5) is 0 Å². The first-order valence-electron chi connectivity index (χ1n) is 11.1. The molecule has 2 heterocycles. The molecule has 7 nitrogen and oxygen atoms in total. The Hall–Kier alpha value is -4.10. The second-order valence-corrected chi connectivity index (χ2v) is 7.98. The molecule has 0 radical (unpaired) electrons. The third kappa shape index (κ3) is 4.51. The van der Waals surface area contributed by atoms with Crippen LogP contribution < -0.4 is 9.47 Å². The van der Waals surface area contributed by atoms with E-state index in [1.807, 2.05) is 89.6 Å². The fraction of sp³-hybridized carbons (Fsp3) is 0.185. The van der Waals surface area contributed by atoms with Gasteiger partial charge < -0.3 is 19.1 Å². The maximum absolute atomic E-state index is 13.8. The van der Waals surface area contributed by atoms with Gasteiger partial charge >= 0.3 is 0 Å². The average Bonchev–Trinajstić information content (AvgIpc) is 3.54. The molecule has 4 aromatic rings. The molecule has 1 amide bonds. The van der Waals surface area contributed by atoms with Gasteiger partial charge in [0.1, 0.15) is 0 Å². The number of para-hydroxylation sites is 1. The lowest BCUT2D eigenvalue weighted by molar-refractivity contribution is -0.143. The smallest absolute Gasteiger partial charge is 0.256 e. The third-order valence-electron chi connectivity index (χ3n) is 5.76. The van der Waals surface area contributed by atoms with Crippen molar-refractivity contribution in [2.24, 2.45) is 0 Å². The number of hydrogen-bond acceptors (Lipinski definition) is 5. The fourth-order valence-corrected chi connectivity index (χ4v) is 4.09. The van der Waals surface area contributed by atoms with Gasteiger partial charge in [-0.05, 0) is 41.5 Å². The lowest BCUT2D eigenvalue weighted by Gasteiger charge is -2.27. The van der Waals surface area contributed by atoms with Gasteiger partial charge in [0.15, 0.2) is 17.6 Å². The quantitative estimate of drug-likeness (QED) is 0.391. The van der Waals surface area contributed by atoms with Crippen LogP contribution in [0.5, 0.6) is 11.5 Å². The first-order valence-corrected chi connectivity index (χ1v) is 11.1. The molecule has 0 bridgehead atoms. The number of methoxy groups -OCH3 is 1. The van der Waals surface area contributed by atoms with Crippen molar-refractivity contribution in [2.45, 2.75) is 19.2 Å². The first kappa shape index (κ1) is 21.7. The number of carbonyl (C=O) groups excluding carboxylic acids is 1. The molecule has 0 spiro atoms. The van der Waals surface area contributed by atoms with Gasteiger partial charge in [0.2, 0.25) is 6.79 Å². The van der Waals surface area contributed by atoms with Crippen LogP contribution in [0.25, 0.3) is 5.69 Å². The molecule has 172 valence electrons. The lowest BCUT2D eigenvalue weighted by atomic mass is 10.1. The van der Waals surface area contributed by atoms with Crippen LogP contribution in [0.15, 0.2) is 91.1 Å². The molecule has 0 saturated carbocycles. The minimum absolute atomic E-state index is 0.132. The molecule has 1 aliphatic rings. The highest BCUT2D eigenvalue weighted by Gasteiger charge is 2.27. The highest BCUT2D eigenvalue weighted by Crippen LogP contribution is 2.33. The highest BCUT2D eigenvalue weighted by molar-refractivity contribution is 5.82. The molecular formula is C27H25N3O4. The monoisotopic (exact) mass is 455 g/mol. The van der Waals surface area contributed by atoms with Crippen molar-refractivity contribution < 1.29 is 19.0 Å². The third-order valence-corrected chi connectivity index (χ3v) is 5.76. The summed E-state index contributed by atoms with van der Waals surface area (Å²) in [5.41, 5.74) is 3.57. The van der Waals surface area contributed by atoms with E-state index in [0.717, 1.165) is 22.5 Å². The van der Waals surface area contributed by atoms with E-state index < -0.39 is 6.10 Å². The van der Waals surface area contributed by atoms with E-state index in [1.54, 1.807) is 18.2 Å². The van der Waals surface area contributed by atoms with Crippen LogP contribution in [-0.2, 0) is 22.6 Å². The van der Waals surface area contributed by atoms with Crippen molar-refractivity contribution in [3.8, 4) is 17.2 Å². The summed E-state index contributed by atoms with van der Waals surface area (Å²) in [5, 5.41) is 4.49. The standard InChI is InChI=1S/C27H25N3O4/c1-32-26(21-8-4-2-5-9-21)27(31)29(17-20-12-13-24-25(16-20)34-19-33-24)18-23-14-15-28-30(23)22-10-6-3-7-11-22/h2-16,26H,17-19H2,1H3. The zero-order valence-electron chi connectivity index (χ0n) is 18.8. The molecule has 0 fully saturated rings. The number of benzene rings is 3. The van der Waals surface area contributed by atoms with E-state index in [0.29, 0.717) is 24.6 Å². The summed E-state index contributed by atoms with van der Waals surface area (Å²) in [6.45, 7) is 0.939. The molecular weight excluding hydrogens is 430 g/mol. The number of rotatable bonds is 8. The number of nitrogens with zero attached hydrogens (tertiary/aromatic N) is 3. The number of aromatic nitrogens is 2. The number of ether oxygens (including phenoxy) is 3. The Bertz CT molecular complexity index is 1260. The van der Waals surface area contributed by atoms with Crippen LogP contribution in [0.1, 0.15) is 22.9 Å². The molecule has 5 rings (SSSR count). The van der Waals surface area contributed by atoms with Gasteiger partial charge in [-0.2, -0.15) is 5.10 Å². The molecule has 1 atom stereocenters. The Morgan fingerprint density at radius 1 is 0.971 bits per heavy atom. The van der Waals surface area contributed by atoms with Crippen molar-refractivity contribution in [3.63, 3.8) is 0 Å². The summed E-state index contributed by atoms with van der Waals surface area (Å²) >= 11 is 0. The second kappa shape index (κ2) is 9.80. The Kier molecular flexibility index (Phi) is 6.27. The number of hydrogen-bond donors (Lipinski definition) is 0. The van der Waals surface area contributed by atoms with Crippen molar-refractivity contribution in [1.29, 1.82) is 0 Å². The highest BCUT2D eigenvalue weighted by atomic mass is 16.7. The van der Waals surface area contributed by atoms with Gasteiger partial charge in [0.05, 0.1) is 17.9 Å². The zero-order chi connectivity index (χ0) is 23.3. The number of fused-ring (bicyclic) bond motifs is 1. The molecule has 1 unspecified atom stereocenters. The molecule has 0 saturated heterocycles. The van der Waals surface area contributed by atoms with Crippen LogP contribution in [-0.4, -0.2) is 34.5 Å². The van der Waals surface area contributed by atoms with Crippen LogP contribution in [0.3, 0.4) is 0 Å². The van der Waals surface area contributed by atoms with Gasteiger partial charge in [-0.1, -0.05) is 54.6 Å². The van der Waals surface area contributed by atoms with Crippen molar-refractivity contribution in [1.82, 2.24) is 14.7 Å². The normalized spacial score (nSPS) is 13.0. The molecule has 1 aliphatic heterocycles. The van der Waals surface area contributed by atoms with Crippen molar-refractivity contribution in [3.05, 3.63) is 108 Å². The van der Waals surface area contributed by atoms with E-state index in [9.17, 15) is 4.79 Å². The van der Waals surface area contributed by atoms with Crippen molar-refractivity contribution >= 4 is 5.91 Å². The maximum Gasteiger partial charge on any atom is 0.256 e. The van der Waals surface area contributed by atoms with E-state index >= 15 is 0 Å². The Morgan fingerprint density at radius 3 is 2.47 bits per heavy atom. The summed E-state index contributed by atoms with van der Waals surface area (Å²) in [6.07, 6.45) is 1.03. The summed E-state index contributed by atoms with van der Waals surface area (Å²) in [7, 11) is 1.56. The van der Waals surface area contributed by atoms with Gasteiger partial charge in [-0.3, -0.25) is 4.79 Å². The van der Waals surface area contributed by atoms with E-state index in [2.05, 4.69) is 5.10 Å². The van der Waals surface area contributed by atoms with Crippen LogP contribution >= 0.6 is 0 Å². The largest absolute Gasteiger partial charge is 0.454 e. The predicted molar refractivity (Wildman–Crippen MR) is 127 cm³/mol. The zero-order valence-corrected chi connectivity index (χ0v) is 18.8. The lowest BCUT2D eigenvalue weighted by Crippen LogP contribution is -2.35. The fourth-order valence-electron chi connectivity index (χ4n) is 4.09. The minimum Gasteiger partial charge on any atom is -0.454 e. The molecule has 0 aliphatic carbocycles. The van der Waals surface area contributed by atoms with E-state index in [-0.39, 0.29) is 12.7 Å². The second-order valence-electron chi connectivity index (χ2n) is 7.98. The van der Waals surface area contributed by atoms with Gasteiger partial charge in [-0.15, -0.1) is 0 Å². The first-order chi connectivity index (χ1) is 16.7. The molecule has 34 heavy (non-hydrogen) atoms. The van der Waals surface area contributed by atoms with Crippen LogP contribution in [0, 0.1) is 0 Å². The topological polar surface area (TPSA) is 65.8 Å². The predicted octanol–water partition coefficient (Wildman–Crippen LogP) is 4.52. The molecule has 7 heteroatoms. The van der Waals surface area contributed by atoms with E-state index in [4.69, 9.17) is 14.2 Å². The molecule has 3 aromatic carbocycles. The molecule has 1 aromatic heterocycles.